The minimum atomic E-state index is 1.00. The molecule has 0 unspecified atom stereocenters. The van der Waals surface area contributed by atoms with Crippen LogP contribution >= 0.6 is 0 Å². The largest absolute Gasteiger partial charge is 0.377 e. The summed E-state index contributed by atoms with van der Waals surface area (Å²) in [5, 5.41) is 0. The molecule has 0 aliphatic carbocycles. The molecule has 3 saturated heterocycles. The zero-order valence-corrected chi connectivity index (χ0v) is 7.75. The van der Waals surface area contributed by atoms with E-state index in [1.54, 1.807) is 6.08 Å². The van der Waals surface area contributed by atoms with Crippen molar-refractivity contribution < 1.29 is 14.2 Å². The summed E-state index contributed by atoms with van der Waals surface area (Å²) in [5.74, 6) is 0. The first-order valence-electron chi connectivity index (χ1n) is 4.22. The molecule has 3 nitrogen and oxygen atoms in total. The number of hydrogen-bond acceptors (Lipinski definition) is 3. The van der Waals surface area contributed by atoms with Gasteiger partial charge in [0, 0.05) is 0 Å². The lowest BCUT2D eigenvalue weighted by atomic mass is 10.8. The van der Waals surface area contributed by atoms with Crippen molar-refractivity contribution in [2.75, 3.05) is 39.6 Å². The SMILES string of the molecule is C1CO1.C1CO1.C1CO1.C=CC. The molecule has 0 N–H and O–H groups in total. The van der Waals surface area contributed by atoms with Gasteiger partial charge in [0.05, 0.1) is 39.6 Å². The van der Waals surface area contributed by atoms with Gasteiger partial charge in [-0.1, -0.05) is 6.08 Å². The second kappa shape index (κ2) is 10.6. The highest BCUT2D eigenvalue weighted by Gasteiger charge is 1.94. The average molecular weight is 174 g/mol. The van der Waals surface area contributed by atoms with E-state index < -0.39 is 0 Å². The van der Waals surface area contributed by atoms with Crippen LogP contribution in [-0.4, -0.2) is 39.6 Å². The monoisotopic (exact) mass is 174 g/mol. The Labute approximate surface area is 74.3 Å². The van der Waals surface area contributed by atoms with Crippen LogP contribution in [0.15, 0.2) is 12.7 Å². The highest BCUT2D eigenvalue weighted by atomic mass is 16.6. The van der Waals surface area contributed by atoms with Crippen molar-refractivity contribution in [1.29, 1.82) is 0 Å². The molecule has 0 amide bonds. The van der Waals surface area contributed by atoms with E-state index in [-0.39, 0.29) is 0 Å². The van der Waals surface area contributed by atoms with Gasteiger partial charge in [-0.2, -0.15) is 0 Å². The van der Waals surface area contributed by atoms with Gasteiger partial charge < -0.3 is 14.2 Å². The fraction of sp³-hybridized carbons (Fsp3) is 0.778. The Balaban J connectivity index is 0.000000134. The van der Waals surface area contributed by atoms with Crippen molar-refractivity contribution in [2.45, 2.75) is 6.92 Å². The lowest BCUT2D eigenvalue weighted by molar-refractivity contribution is 0.475. The van der Waals surface area contributed by atoms with Crippen LogP contribution in [0.4, 0.5) is 0 Å². The third-order valence-corrected chi connectivity index (χ3v) is 0.612. The molecule has 0 bridgehead atoms. The molecule has 0 atom stereocenters. The molecule has 0 radical (unpaired) electrons. The normalized spacial score (nSPS) is 19.1. The summed E-state index contributed by atoms with van der Waals surface area (Å²) in [6.45, 7) is 11.2. The molecule has 0 aromatic carbocycles. The van der Waals surface area contributed by atoms with E-state index in [1.807, 2.05) is 6.92 Å². The lowest BCUT2D eigenvalue weighted by Crippen LogP contribution is -1.20. The third kappa shape index (κ3) is 104. The Hall–Kier alpha value is -0.380. The number of ether oxygens (including phenoxy) is 3. The molecular formula is C9H18O3. The topological polar surface area (TPSA) is 37.6 Å². The van der Waals surface area contributed by atoms with Gasteiger partial charge in [-0.05, 0) is 6.92 Å². The zero-order valence-electron chi connectivity index (χ0n) is 7.75. The number of hydrogen-bond donors (Lipinski definition) is 0. The summed E-state index contributed by atoms with van der Waals surface area (Å²) in [5.41, 5.74) is 0. The fourth-order valence-corrected chi connectivity index (χ4v) is 0. The van der Waals surface area contributed by atoms with E-state index in [1.165, 1.54) is 0 Å². The Morgan fingerprint density at radius 2 is 0.917 bits per heavy atom. The fourth-order valence-electron chi connectivity index (χ4n) is 0. The molecule has 72 valence electrons. The van der Waals surface area contributed by atoms with Gasteiger partial charge in [0.1, 0.15) is 0 Å². The average Bonchev–Trinajstić information content (AvgIpc) is 2.85. The van der Waals surface area contributed by atoms with Gasteiger partial charge in [-0.25, -0.2) is 0 Å². The summed E-state index contributed by atoms with van der Waals surface area (Å²) in [4.78, 5) is 0. The Kier molecular flexibility index (Phi) is 10.3. The molecule has 3 fully saturated rings. The second-order valence-corrected chi connectivity index (χ2v) is 2.25. The molecule has 0 aromatic rings. The lowest BCUT2D eigenvalue weighted by Gasteiger charge is -1.31. The Morgan fingerprint density at radius 1 is 0.833 bits per heavy atom. The molecule has 3 heterocycles. The summed E-state index contributed by atoms with van der Waals surface area (Å²) in [7, 11) is 0. The molecule has 0 aromatic heterocycles. The molecule has 0 saturated carbocycles. The minimum Gasteiger partial charge on any atom is -0.377 e. The van der Waals surface area contributed by atoms with E-state index in [0.29, 0.717) is 0 Å². The zero-order chi connectivity index (χ0) is 9.07. The van der Waals surface area contributed by atoms with E-state index in [9.17, 15) is 0 Å². The summed E-state index contributed by atoms with van der Waals surface area (Å²) in [6, 6.07) is 0. The minimum absolute atomic E-state index is 1.00. The van der Waals surface area contributed by atoms with Crippen molar-refractivity contribution in [1.82, 2.24) is 0 Å². The highest BCUT2D eigenvalue weighted by Crippen LogP contribution is 1.85. The van der Waals surface area contributed by atoms with E-state index in [2.05, 4.69) is 20.8 Å². The second-order valence-electron chi connectivity index (χ2n) is 2.25. The number of allylic oxidation sites excluding steroid dienone is 1. The molecule has 12 heavy (non-hydrogen) atoms. The molecule has 3 aliphatic heterocycles. The van der Waals surface area contributed by atoms with Crippen LogP contribution in [0.5, 0.6) is 0 Å². The predicted octanol–water partition coefficient (Wildman–Crippen LogP) is 1.24. The van der Waals surface area contributed by atoms with Gasteiger partial charge in [0.25, 0.3) is 0 Å². The van der Waals surface area contributed by atoms with E-state index in [4.69, 9.17) is 0 Å². The quantitative estimate of drug-likeness (QED) is 0.409. The smallest absolute Gasteiger partial charge is 0.0701 e. The highest BCUT2D eigenvalue weighted by molar-refractivity contribution is 4.51. The summed E-state index contributed by atoms with van der Waals surface area (Å²) < 4.78 is 13.5. The molecule has 3 aliphatic rings. The van der Waals surface area contributed by atoms with Crippen LogP contribution in [0.25, 0.3) is 0 Å². The first kappa shape index (κ1) is 11.6. The van der Waals surface area contributed by atoms with Crippen LogP contribution in [0, 0.1) is 0 Å². The van der Waals surface area contributed by atoms with Crippen LogP contribution in [-0.2, 0) is 14.2 Å². The maximum Gasteiger partial charge on any atom is 0.0701 e. The van der Waals surface area contributed by atoms with Crippen LogP contribution < -0.4 is 0 Å². The molecule has 3 rings (SSSR count). The summed E-state index contributed by atoms with van der Waals surface area (Å²) >= 11 is 0. The Morgan fingerprint density at radius 3 is 0.917 bits per heavy atom. The van der Waals surface area contributed by atoms with Crippen molar-refractivity contribution >= 4 is 0 Å². The van der Waals surface area contributed by atoms with Crippen molar-refractivity contribution in [3.8, 4) is 0 Å². The van der Waals surface area contributed by atoms with Gasteiger partial charge >= 0.3 is 0 Å². The Bertz CT molecular complexity index is 65.2. The third-order valence-electron chi connectivity index (χ3n) is 0.612. The maximum absolute atomic E-state index is 4.50. The van der Waals surface area contributed by atoms with E-state index >= 15 is 0 Å². The van der Waals surface area contributed by atoms with Crippen molar-refractivity contribution in [3.63, 3.8) is 0 Å². The number of epoxide rings is 3. The van der Waals surface area contributed by atoms with Gasteiger partial charge in [0.15, 0.2) is 0 Å². The van der Waals surface area contributed by atoms with Crippen LogP contribution in [0.3, 0.4) is 0 Å². The van der Waals surface area contributed by atoms with Crippen molar-refractivity contribution in [3.05, 3.63) is 12.7 Å². The van der Waals surface area contributed by atoms with Crippen LogP contribution in [0.2, 0.25) is 0 Å². The van der Waals surface area contributed by atoms with Gasteiger partial charge in [0.2, 0.25) is 0 Å². The summed E-state index contributed by atoms with van der Waals surface area (Å²) in [6.07, 6.45) is 1.75. The first-order valence-corrected chi connectivity index (χ1v) is 4.22. The first-order chi connectivity index (χ1) is 5.91. The van der Waals surface area contributed by atoms with Gasteiger partial charge in [-0.3, -0.25) is 0 Å². The van der Waals surface area contributed by atoms with Gasteiger partial charge in [-0.15, -0.1) is 6.58 Å². The predicted molar refractivity (Wildman–Crippen MR) is 48.3 cm³/mol. The molecular weight excluding hydrogens is 156 g/mol. The molecule has 0 spiro atoms. The maximum atomic E-state index is 4.50. The number of rotatable bonds is 0. The standard InChI is InChI=1S/C3H6.3C2H4O/c1-3-2;3*1-2-3-1/h3H,1H2,2H3;3*1-2H2. The van der Waals surface area contributed by atoms with Crippen LogP contribution in [0.1, 0.15) is 6.92 Å². The molecule has 3 heteroatoms. The van der Waals surface area contributed by atoms with Crippen molar-refractivity contribution in [2.24, 2.45) is 0 Å². The van der Waals surface area contributed by atoms with E-state index in [0.717, 1.165) is 39.6 Å².